The van der Waals surface area contributed by atoms with Gasteiger partial charge in [0, 0.05) is 37.9 Å². The van der Waals surface area contributed by atoms with Crippen molar-refractivity contribution < 1.29 is 0 Å². The van der Waals surface area contributed by atoms with E-state index in [0.29, 0.717) is 6.04 Å². The number of rotatable bonds is 5. The number of hydrogen-bond acceptors (Lipinski definition) is 4. The van der Waals surface area contributed by atoms with E-state index in [0.717, 1.165) is 50.8 Å². The molecular weight excluding hydrogens is 248 g/mol. The lowest BCUT2D eigenvalue weighted by Gasteiger charge is -2.40. The van der Waals surface area contributed by atoms with E-state index in [1.54, 1.807) is 0 Å². The number of nitrogens with zero attached hydrogens (tertiary/aromatic N) is 3. The molecule has 0 aliphatic carbocycles. The molecule has 0 amide bonds. The quantitative estimate of drug-likeness (QED) is 0.891. The molecule has 1 aromatic heterocycles. The maximum atomic E-state index is 4.80. The van der Waals surface area contributed by atoms with Crippen LogP contribution >= 0.6 is 0 Å². The summed E-state index contributed by atoms with van der Waals surface area (Å²) >= 11 is 0. The van der Waals surface area contributed by atoms with Crippen LogP contribution in [0.2, 0.25) is 0 Å². The number of aryl methyl sites for hydroxylation is 1. The van der Waals surface area contributed by atoms with Gasteiger partial charge in [0.2, 0.25) is 0 Å². The summed E-state index contributed by atoms with van der Waals surface area (Å²) in [6, 6.07) is 5.00. The zero-order valence-corrected chi connectivity index (χ0v) is 13.3. The molecule has 1 atom stereocenters. The van der Waals surface area contributed by atoms with Crippen LogP contribution in [0, 0.1) is 6.92 Å². The minimum atomic E-state index is 0.609. The maximum absolute atomic E-state index is 4.80. The summed E-state index contributed by atoms with van der Waals surface area (Å²) < 4.78 is 0. The van der Waals surface area contributed by atoms with Gasteiger partial charge in [-0.15, -0.1) is 0 Å². The third-order valence-corrected chi connectivity index (χ3v) is 4.24. The normalized spacial score (nSPS) is 20.4. The van der Waals surface area contributed by atoms with Crippen molar-refractivity contribution in [3.63, 3.8) is 0 Å². The van der Waals surface area contributed by atoms with Gasteiger partial charge in [-0.1, -0.05) is 19.9 Å². The van der Waals surface area contributed by atoms with Crippen molar-refractivity contribution in [2.45, 2.75) is 40.3 Å². The van der Waals surface area contributed by atoms with Crippen molar-refractivity contribution in [2.24, 2.45) is 0 Å². The van der Waals surface area contributed by atoms with Crippen LogP contribution < -0.4 is 10.2 Å². The summed E-state index contributed by atoms with van der Waals surface area (Å²) in [5.41, 5.74) is 2.45. The molecule has 2 heterocycles. The molecule has 4 nitrogen and oxygen atoms in total. The van der Waals surface area contributed by atoms with Crippen molar-refractivity contribution in [2.75, 3.05) is 37.6 Å². The number of hydrogen-bond donors (Lipinski definition) is 1. The van der Waals surface area contributed by atoms with Gasteiger partial charge < -0.3 is 10.2 Å². The Morgan fingerprint density at radius 2 is 2.10 bits per heavy atom. The largest absolute Gasteiger partial charge is 0.354 e. The average molecular weight is 276 g/mol. The molecule has 0 saturated carbocycles. The van der Waals surface area contributed by atoms with Crippen LogP contribution in [0.5, 0.6) is 0 Å². The van der Waals surface area contributed by atoms with Gasteiger partial charge in [-0.2, -0.15) is 0 Å². The van der Waals surface area contributed by atoms with E-state index in [1.807, 2.05) is 0 Å². The van der Waals surface area contributed by atoms with E-state index < -0.39 is 0 Å². The molecule has 1 unspecified atom stereocenters. The first-order valence-corrected chi connectivity index (χ1v) is 7.82. The van der Waals surface area contributed by atoms with Crippen LogP contribution in [0.25, 0.3) is 0 Å². The Hall–Kier alpha value is -1.13. The lowest BCUT2D eigenvalue weighted by atomic mass is 10.1. The summed E-state index contributed by atoms with van der Waals surface area (Å²) in [5.74, 6) is 1.13. The van der Waals surface area contributed by atoms with Gasteiger partial charge in [-0.3, -0.25) is 4.90 Å². The van der Waals surface area contributed by atoms with Gasteiger partial charge >= 0.3 is 0 Å². The highest BCUT2D eigenvalue weighted by Gasteiger charge is 2.23. The van der Waals surface area contributed by atoms with Gasteiger partial charge in [-0.25, -0.2) is 4.98 Å². The zero-order chi connectivity index (χ0) is 14.5. The second-order valence-corrected chi connectivity index (χ2v) is 5.62. The molecule has 1 aliphatic rings. The lowest BCUT2D eigenvalue weighted by molar-refractivity contribution is 0.199. The third kappa shape index (κ3) is 3.49. The molecule has 1 saturated heterocycles. The van der Waals surface area contributed by atoms with Crippen molar-refractivity contribution >= 4 is 5.82 Å². The minimum absolute atomic E-state index is 0.609. The maximum Gasteiger partial charge on any atom is 0.128 e. The summed E-state index contributed by atoms with van der Waals surface area (Å²) in [4.78, 5) is 9.75. The molecule has 4 heteroatoms. The predicted octanol–water partition coefficient (Wildman–Crippen LogP) is 2.03. The number of piperazine rings is 1. The monoisotopic (exact) mass is 276 g/mol. The first-order chi connectivity index (χ1) is 9.65. The van der Waals surface area contributed by atoms with Crippen LogP contribution in [0.1, 0.15) is 32.0 Å². The SMILES string of the molecule is CCNCc1ccc(N2CCN(CC)C(C)C2)nc1C. The standard InChI is InChI=1S/C16H28N4/c1-5-17-11-15-7-8-16(18-14(15)4)20-10-9-19(6-2)13(3)12-20/h7-8,13,17H,5-6,9-12H2,1-4H3. The smallest absolute Gasteiger partial charge is 0.128 e. The Kier molecular flexibility index (Phi) is 5.38. The van der Waals surface area contributed by atoms with Crippen LogP contribution in [0.4, 0.5) is 5.82 Å². The van der Waals surface area contributed by atoms with Crippen molar-refractivity contribution in [1.82, 2.24) is 15.2 Å². The first-order valence-electron chi connectivity index (χ1n) is 7.82. The molecule has 1 aliphatic heterocycles. The second-order valence-electron chi connectivity index (χ2n) is 5.62. The molecular formula is C16H28N4. The first kappa shape index (κ1) is 15.3. The van der Waals surface area contributed by atoms with Gasteiger partial charge in [0.1, 0.15) is 5.82 Å². The van der Waals surface area contributed by atoms with E-state index in [2.05, 4.69) is 54.9 Å². The molecule has 1 aromatic rings. The molecule has 1 fully saturated rings. The summed E-state index contributed by atoms with van der Waals surface area (Å²) in [7, 11) is 0. The molecule has 0 aromatic carbocycles. The fraction of sp³-hybridized carbons (Fsp3) is 0.688. The number of anilines is 1. The van der Waals surface area contributed by atoms with Gasteiger partial charge in [0.25, 0.3) is 0 Å². The number of pyridine rings is 1. The second kappa shape index (κ2) is 7.04. The molecule has 112 valence electrons. The fourth-order valence-corrected chi connectivity index (χ4v) is 2.87. The minimum Gasteiger partial charge on any atom is -0.354 e. The number of likely N-dealkylation sites (N-methyl/N-ethyl adjacent to an activating group) is 1. The van der Waals surface area contributed by atoms with E-state index in [4.69, 9.17) is 4.98 Å². The van der Waals surface area contributed by atoms with Gasteiger partial charge in [-0.05, 0) is 38.6 Å². The topological polar surface area (TPSA) is 31.4 Å². The van der Waals surface area contributed by atoms with E-state index in [-0.39, 0.29) is 0 Å². The molecule has 0 spiro atoms. The highest BCUT2D eigenvalue weighted by Crippen LogP contribution is 2.19. The molecule has 0 bridgehead atoms. The molecule has 20 heavy (non-hydrogen) atoms. The summed E-state index contributed by atoms with van der Waals surface area (Å²) in [5, 5.41) is 3.36. The Morgan fingerprint density at radius 3 is 2.70 bits per heavy atom. The lowest BCUT2D eigenvalue weighted by Crippen LogP contribution is -2.52. The fourth-order valence-electron chi connectivity index (χ4n) is 2.87. The summed E-state index contributed by atoms with van der Waals surface area (Å²) in [6.07, 6.45) is 0. The highest BCUT2D eigenvalue weighted by molar-refractivity contribution is 5.42. The predicted molar refractivity (Wildman–Crippen MR) is 85.3 cm³/mol. The Bertz CT molecular complexity index is 432. The van der Waals surface area contributed by atoms with E-state index in [1.165, 1.54) is 5.56 Å². The van der Waals surface area contributed by atoms with Crippen molar-refractivity contribution in [3.05, 3.63) is 23.4 Å². The van der Waals surface area contributed by atoms with Crippen molar-refractivity contribution in [1.29, 1.82) is 0 Å². The van der Waals surface area contributed by atoms with Gasteiger partial charge in [0.05, 0.1) is 0 Å². The van der Waals surface area contributed by atoms with Crippen molar-refractivity contribution in [3.8, 4) is 0 Å². The van der Waals surface area contributed by atoms with Crippen LogP contribution in [0.15, 0.2) is 12.1 Å². The Balaban J connectivity index is 2.04. The molecule has 0 radical (unpaired) electrons. The van der Waals surface area contributed by atoms with Crippen LogP contribution in [0.3, 0.4) is 0 Å². The molecule has 2 rings (SSSR count). The Labute approximate surface area is 123 Å². The number of aromatic nitrogens is 1. The number of nitrogens with one attached hydrogen (secondary N) is 1. The average Bonchev–Trinajstić information content (AvgIpc) is 2.46. The molecule has 1 N–H and O–H groups in total. The third-order valence-electron chi connectivity index (χ3n) is 4.24. The summed E-state index contributed by atoms with van der Waals surface area (Å²) in [6.45, 7) is 15.1. The Morgan fingerprint density at radius 1 is 1.30 bits per heavy atom. The van der Waals surface area contributed by atoms with Crippen LogP contribution in [-0.4, -0.2) is 48.6 Å². The zero-order valence-electron chi connectivity index (χ0n) is 13.3. The van der Waals surface area contributed by atoms with E-state index in [9.17, 15) is 0 Å². The highest BCUT2D eigenvalue weighted by atomic mass is 15.3. The van der Waals surface area contributed by atoms with Gasteiger partial charge in [0.15, 0.2) is 0 Å². The van der Waals surface area contributed by atoms with E-state index >= 15 is 0 Å². The van der Waals surface area contributed by atoms with Crippen LogP contribution in [-0.2, 0) is 6.54 Å².